The molecule has 1 heteroatoms. The van der Waals surface area contributed by atoms with E-state index in [0.717, 1.165) is 24.1 Å². The van der Waals surface area contributed by atoms with Gasteiger partial charge in [0.2, 0.25) is 0 Å². The van der Waals surface area contributed by atoms with E-state index in [2.05, 4.69) is 134 Å². The fraction of sp³-hybridized carbons (Fsp3) is 0.532. The van der Waals surface area contributed by atoms with Crippen molar-refractivity contribution in [2.24, 2.45) is 5.92 Å². The second-order valence-corrected chi connectivity index (χ2v) is 13.1. The summed E-state index contributed by atoms with van der Waals surface area (Å²) in [4.78, 5) is 0. The first kappa shape index (κ1) is 52.4. The van der Waals surface area contributed by atoms with Gasteiger partial charge in [0, 0.05) is 0 Å². The van der Waals surface area contributed by atoms with Crippen LogP contribution >= 0.6 is 9.24 Å². The molecule has 1 aliphatic carbocycles. The zero-order valence-corrected chi connectivity index (χ0v) is 35.3. The standard InChI is InChI=1S/C28H43P.C8H12.C4H10.C3H6.C2H6.C2H4/c1-8-11-14-21(4)28-20-27(22(5)17-23(28)6)19-26(13-9-2)16-12-15-25(10-3)18-24(7)29;1-7-5-3-4-6-8(7)2;1-3-4-2;1-3-2;2*1-2/h10,17-18,20,26H,3-4,7-9,11-16,19,29H2,1-2,5-6H3;3,5H,4,6H2,1-2H3;3-4H2,1-2H3;3H,1H2,2H3;1-2H3;1-2H2/b25-18+;;;;;. The molecule has 2 atom stereocenters. The van der Waals surface area contributed by atoms with E-state index < -0.39 is 0 Å². The topological polar surface area (TPSA) is 0 Å². The van der Waals surface area contributed by atoms with Crippen LogP contribution in [0.2, 0.25) is 0 Å². The molecule has 0 nitrogen and oxygen atoms in total. The zero-order chi connectivity index (χ0) is 37.9. The van der Waals surface area contributed by atoms with Crippen LogP contribution in [-0.4, -0.2) is 0 Å². The highest BCUT2D eigenvalue weighted by atomic mass is 31.0. The Bertz CT molecular complexity index is 1070. The second kappa shape index (κ2) is 37.4. The highest BCUT2D eigenvalue weighted by Crippen LogP contribution is 2.29. The minimum atomic E-state index is 0.739. The maximum atomic E-state index is 4.39. The van der Waals surface area contributed by atoms with Crippen molar-refractivity contribution in [3.8, 4) is 0 Å². The molecule has 1 aromatic rings. The second-order valence-electron chi connectivity index (χ2n) is 12.4. The van der Waals surface area contributed by atoms with Crippen LogP contribution in [0.1, 0.15) is 162 Å². The molecule has 0 spiro atoms. The predicted octanol–water partition coefficient (Wildman–Crippen LogP) is 16.6. The molecule has 274 valence electrons. The molecule has 0 amide bonds. The Morgan fingerprint density at radius 3 is 1.83 bits per heavy atom. The molecular weight excluding hydrogens is 595 g/mol. The fourth-order valence-corrected chi connectivity index (χ4v) is 5.27. The molecule has 0 aromatic heterocycles. The lowest BCUT2D eigenvalue weighted by atomic mass is 9.85. The molecule has 0 aliphatic heterocycles. The van der Waals surface area contributed by atoms with Crippen LogP contribution in [0.5, 0.6) is 0 Å². The van der Waals surface area contributed by atoms with Crippen LogP contribution in [-0.2, 0) is 6.42 Å². The Hall–Kier alpha value is -2.43. The fourth-order valence-electron chi connectivity index (χ4n) is 5.06. The lowest BCUT2D eigenvalue weighted by molar-refractivity contribution is 0.429. The van der Waals surface area contributed by atoms with Crippen molar-refractivity contribution in [3.05, 3.63) is 126 Å². The first-order valence-corrected chi connectivity index (χ1v) is 19.5. The molecule has 0 saturated carbocycles. The van der Waals surface area contributed by atoms with Gasteiger partial charge in [-0.3, -0.25) is 0 Å². The first-order chi connectivity index (χ1) is 22.9. The van der Waals surface area contributed by atoms with Gasteiger partial charge in [0.05, 0.1) is 0 Å². The maximum Gasteiger partial charge on any atom is -0.0198 e. The molecule has 0 bridgehead atoms. The van der Waals surface area contributed by atoms with Crippen molar-refractivity contribution in [2.75, 3.05) is 0 Å². The third kappa shape index (κ3) is 28.6. The van der Waals surface area contributed by atoms with Gasteiger partial charge in [-0.1, -0.05) is 147 Å². The summed E-state index contributed by atoms with van der Waals surface area (Å²) in [5.74, 6) is 0.739. The van der Waals surface area contributed by atoms with Crippen LogP contribution in [0.25, 0.3) is 5.57 Å². The van der Waals surface area contributed by atoms with E-state index in [4.69, 9.17) is 0 Å². The lowest BCUT2D eigenvalue weighted by Crippen LogP contribution is -2.07. The van der Waals surface area contributed by atoms with Gasteiger partial charge in [-0.05, 0) is 131 Å². The van der Waals surface area contributed by atoms with Crippen molar-refractivity contribution in [2.45, 2.75) is 160 Å². The van der Waals surface area contributed by atoms with E-state index in [9.17, 15) is 0 Å². The number of benzene rings is 1. The average molecular weight is 677 g/mol. The number of hydrogen-bond donors (Lipinski definition) is 0. The molecule has 0 saturated heterocycles. The number of allylic oxidation sites excluding steroid dienone is 10. The van der Waals surface area contributed by atoms with Crippen molar-refractivity contribution >= 4 is 14.8 Å². The molecule has 0 radical (unpaired) electrons. The largest absolute Gasteiger partial charge is 0.106 e. The van der Waals surface area contributed by atoms with E-state index in [0.29, 0.717) is 0 Å². The predicted molar refractivity (Wildman–Crippen MR) is 233 cm³/mol. The van der Waals surface area contributed by atoms with Gasteiger partial charge >= 0.3 is 0 Å². The summed E-state index contributed by atoms with van der Waals surface area (Å²) < 4.78 is 0. The van der Waals surface area contributed by atoms with Crippen molar-refractivity contribution in [1.82, 2.24) is 0 Å². The quantitative estimate of drug-likeness (QED) is 0.0985. The van der Waals surface area contributed by atoms with Crippen LogP contribution < -0.4 is 0 Å². The van der Waals surface area contributed by atoms with Gasteiger partial charge in [0.1, 0.15) is 0 Å². The third-order valence-electron chi connectivity index (χ3n) is 8.04. The summed E-state index contributed by atoms with van der Waals surface area (Å²) >= 11 is 0. The Morgan fingerprint density at radius 1 is 0.833 bits per heavy atom. The Kier molecular flexibility index (Phi) is 40.8. The molecule has 0 fully saturated rings. The van der Waals surface area contributed by atoms with Crippen LogP contribution in [0, 0.1) is 19.8 Å². The smallest absolute Gasteiger partial charge is 0.0198 e. The van der Waals surface area contributed by atoms with Crippen molar-refractivity contribution in [1.29, 1.82) is 0 Å². The van der Waals surface area contributed by atoms with Gasteiger partial charge in [0.15, 0.2) is 0 Å². The number of aryl methyl sites for hydroxylation is 2. The zero-order valence-electron chi connectivity index (χ0n) is 34.1. The third-order valence-corrected chi connectivity index (χ3v) is 8.21. The summed E-state index contributed by atoms with van der Waals surface area (Å²) in [7, 11) is 2.66. The maximum absolute atomic E-state index is 4.39. The van der Waals surface area contributed by atoms with E-state index in [1.807, 2.05) is 26.8 Å². The molecule has 0 heterocycles. The van der Waals surface area contributed by atoms with Crippen LogP contribution in [0.4, 0.5) is 0 Å². The van der Waals surface area contributed by atoms with Crippen molar-refractivity contribution < 1.29 is 0 Å². The lowest BCUT2D eigenvalue weighted by Gasteiger charge is -2.20. The average Bonchev–Trinajstić information content (AvgIpc) is 3.08. The monoisotopic (exact) mass is 677 g/mol. The normalized spacial score (nSPS) is 12.0. The SMILES string of the molecule is C=C.C=C/C(=C\C(=C)P)CCCC(CCC)Cc1cc(C(=C)CCCC)c(C)cc1C.C=CC.CC.CC1=C(C)CCC=C1.CCCC. The molecule has 2 rings (SSSR count). The molecule has 1 aromatic carbocycles. The van der Waals surface area contributed by atoms with E-state index >= 15 is 0 Å². The summed E-state index contributed by atoms with van der Waals surface area (Å²) in [6.07, 6.45) is 26.3. The number of rotatable bonds is 15. The molecule has 0 N–H and O–H groups in total. The molecule has 1 aliphatic rings. The van der Waals surface area contributed by atoms with E-state index in [1.54, 1.807) is 11.6 Å². The van der Waals surface area contributed by atoms with Gasteiger partial charge < -0.3 is 0 Å². The minimum absolute atomic E-state index is 0.739. The summed E-state index contributed by atoms with van der Waals surface area (Å²) in [5.41, 5.74) is 11.3. The van der Waals surface area contributed by atoms with Gasteiger partial charge in [-0.15, -0.1) is 29.0 Å². The van der Waals surface area contributed by atoms with Gasteiger partial charge in [-0.25, -0.2) is 0 Å². The Morgan fingerprint density at radius 2 is 1.42 bits per heavy atom. The van der Waals surface area contributed by atoms with E-state index in [1.165, 1.54) is 110 Å². The highest BCUT2D eigenvalue weighted by Gasteiger charge is 2.14. The van der Waals surface area contributed by atoms with Crippen molar-refractivity contribution in [3.63, 3.8) is 0 Å². The Labute approximate surface area is 305 Å². The first-order valence-electron chi connectivity index (χ1n) is 18.9. The Balaban J connectivity index is -0.000000414. The van der Waals surface area contributed by atoms with E-state index in [-0.39, 0.29) is 0 Å². The summed E-state index contributed by atoms with van der Waals surface area (Å²) in [5, 5.41) is 1.02. The minimum Gasteiger partial charge on any atom is -0.106 e. The summed E-state index contributed by atoms with van der Waals surface area (Å²) in [6, 6.07) is 4.81. The molecule has 48 heavy (non-hydrogen) atoms. The van der Waals surface area contributed by atoms with Gasteiger partial charge in [0.25, 0.3) is 0 Å². The number of hydrogen-bond acceptors (Lipinski definition) is 0. The summed E-state index contributed by atoms with van der Waals surface area (Å²) in [6.45, 7) is 45.4. The molecular formula is C47H81P. The highest BCUT2D eigenvalue weighted by molar-refractivity contribution is 7.22. The molecule has 2 unspecified atom stereocenters. The van der Waals surface area contributed by atoms with Gasteiger partial charge in [-0.2, -0.15) is 0 Å². The van der Waals surface area contributed by atoms with Crippen LogP contribution in [0.3, 0.4) is 0 Å². The number of unbranched alkanes of at least 4 members (excludes halogenated alkanes) is 2. The van der Waals surface area contributed by atoms with Crippen LogP contribution in [0.15, 0.2) is 104 Å².